The van der Waals surface area contributed by atoms with Crippen LogP contribution in [0.1, 0.15) is 12.0 Å². The van der Waals surface area contributed by atoms with E-state index >= 15 is 0 Å². The van der Waals surface area contributed by atoms with E-state index in [9.17, 15) is 22.0 Å². The number of sulfonamides is 1. The summed E-state index contributed by atoms with van der Waals surface area (Å²) in [5.74, 6) is -2.80. The van der Waals surface area contributed by atoms with Crippen LogP contribution in [0.4, 0.5) is 8.78 Å². The Hall–Kier alpha value is -2.69. The minimum absolute atomic E-state index is 0.187. The first-order valence-electron chi connectivity index (χ1n) is 8.55. The summed E-state index contributed by atoms with van der Waals surface area (Å²) < 4.78 is 53.4. The monoisotopic (exact) mass is 437 g/mol. The fraction of sp³-hybridized carbons (Fsp3) is 0.158. The summed E-state index contributed by atoms with van der Waals surface area (Å²) >= 11 is 1.58. The third-order valence-corrected chi connectivity index (χ3v) is 6.35. The maximum absolute atomic E-state index is 13.6. The number of hydrogen-bond donors (Lipinski definition) is 2. The average molecular weight is 437 g/mol. The van der Waals surface area contributed by atoms with E-state index in [1.807, 2.05) is 28.3 Å². The Balaban J connectivity index is 1.51. The molecule has 0 aliphatic carbocycles. The van der Waals surface area contributed by atoms with Gasteiger partial charge in [0.15, 0.2) is 4.90 Å². The normalized spacial score (nSPS) is 11.4. The molecule has 3 aromatic rings. The highest BCUT2D eigenvalue weighted by atomic mass is 32.2. The molecular weight excluding hydrogens is 420 g/mol. The number of nitrogens with one attached hydrogen (secondary N) is 2. The molecule has 29 heavy (non-hydrogen) atoms. The van der Waals surface area contributed by atoms with Gasteiger partial charge in [-0.25, -0.2) is 21.9 Å². The number of aromatic nitrogens is 1. The summed E-state index contributed by atoms with van der Waals surface area (Å²) in [7, 11) is -4.40. The van der Waals surface area contributed by atoms with Crippen LogP contribution in [-0.2, 0) is 21.4 Å². The molecule has 10 heteroatoms. The summed E-state index contributed by atoms with van der Waals surface area (Å²) in [5, 5.41) is 4.62. The molecule has 3 rings (SSSR count). The minimum atomic E-state index is -4.40. The van der Waals surface area contributed by atoms with Crippen LogP contribution in [0.15, 0.2) is 59.1 Å². The second-order valence-electron chi connectivity index (χ2n) is 6.03. The highest BCUT2D eigenvalue weighted by molar-refractivity contribution is 7.89. The fourth-order valence-electron chi connectivity index (χ4n) is 2.56. The first kappa shape index (κ1) is 21.0. The van der Waals surface area contributed by atoms with E-state index in [1.54, 1.807) is 23.7 Å². The number of carbonyl (C=O) groups excluding carboxylic acids is 1. The fourth-order valence-corrected chi connectivity index (χ4v) is 4.43. The number of pyridine rings is 1. The van der Waals surface area contributed by atoms with Crippen LogP contribution in [0.2, 0.25) is 0 Å². The zero-order valence-electron chi connectivity index (χ0n) is 15.1. The third-order valence-electron chi connectivity index (χ3n) is 3.92. The molecule has 0 fully saturated rings. The molecule has 1 amide bonds. The maximum atomic E-state index is 13.6. The molecule has 0 unspecified atom stereocenters. The molecule has 1 aromatic carbocycles. The van der Waals surface area contributed by atoms with Crippen LogP contribution in [0.5, 0.6) is 0 Å². The van der Waals surface area contributed by atoms with Crippen LogP contribution < -0.4 is 10.0 Å². The second-order valence-corrected chi connectivity index (χ2v) is 8.69. The number of halogens is 2. The number of nitrogens with zero attached hydrogens (tertiary/aromatic N) is 1. The van der Waals surface area contributed by atoms with Crippen molar-refractivity contribution in [1.29, 1.82) is 0 Å². The molecule has 0 radical (unpaired) electrons. The van der Waals surface area contributed by atoms with Crippen LogP contribution >= 0.6 is 11.3 Å². The van der Waals surface area contributed by atoms with Crippen molar-refractivity contribution in [1.82, 2.24) is 15.0 Å². The van der Waals surface area contributed by atoms with Crippen molar-refractivity contribution in [2.45, 2.75) is 17.9 Å². The van der Waals surface area contributed by atoms with Gasteiger partial charge in [0.2, 0.25) is 15.9 Å². The molecule has 2 heterocycles. The molecule has 6 nitrogen and oxygen atoms in total. The molecule has 0 aliphatic rings. The van der Waals surface area contributed by atoms with Crippen LogP contribution in [-0.4, -0.2) is 25.9 Å². The number of amides is 1. The quantitative estimate of drug-likeness (QED) is 0.567. The maximum Gasteiger partial charge on any atom is 0.246 e. The SMILES string of the molecule is O=C(CCNS(=O)(=O)c1c(F)cccc1F)NCc1cncc(-c2cccs2)c1. The van der Waals surface area contributed by atoms with Gasteiger partial charge >= 0.3 is 0 Å². The summed E-state index contributed by atoms with van der Waals surface area (Å²) in [6.45, 7) is -0.0742. The van der Waals surface area contributed by atoms with E-state index in [4.69, 9.17) is 0 Å². The number of thiophene rings is 1. The lowest BCUT2D eigenvalue weighted by Gasteiger charge is -2.09. The van der Waals surface area contributed by atoms with Crippen molar-refractivity contribution >= 4 is 27.3 Å². The predicted octanol–water partition coefficient (Wildman–Crippen LogP) is 3.07. The van der Waals surface area contributed by atoms with Gasteiger partial charge in [0, 0.05) is 42.3 Å². The van der Waals surface area contributed by atoms with E-state index < -0.39 is 32.5 Å². The third kappa shape index (κ3) is 5.43. The summed E-state index contributed by atoms with van der Waals surface area (Å²) in [6.07, 6.45) is 3.17. The van der Waals surface area contributed by atoms with E-state index in [0.717, 1.165) is 34.2 Å². The molecule has 0 spiro atoms. The van der Waals surface area contributed by atoms with Gasteiger partial charge in [0.1, 0.15) is 11.6 Å². The average Bonchev–Trinajstić information content (AvgIpc) is 3.21. The second kappa shape index (κ2) is 9.21. The van der Waals surface area contributed by atoms with Gasteiger partial charge in [-0.05, 0) is 35.2 Å². The molecule has 0 bridgehead atoms. The Morgan fingerprint density at radius 2 is 1.86 bits per heavy atom. The van der Waals surface area contributed by atoms with Crippen molar-refractivity contribution in [2.75, 3.05) is 6.54 Å². The van der Waals surface area contributed by atoms with Gasteiger partial charge in [-0.1, -0.05) is 12.1 Å². The molecule has 152 valence electrons. The molecule has 0 saturated heterocycles. The Morgan fingerprint density at radius 3 is 2.55 bits per heavy atom. The summed E-state index contributed by atoms with van der Waals surface area (Å²) in [4.78, 5) is 16.1. The lowest BCUT2D eigenvalue weighted by molar-refractivity contribution is -0.121. The van der Waals surface area contributed by atoms with Crippen LogP contribution in [0.25, 0.3) is 10.4 Å². The predicted molar refractivity (Wildman–Crippen MR) is 106 cm³/mol. The molecular formula is C19H17F2N3O3S2. The zero-order chi connectivity index (χ0) is 20.9. The first-order valence-corrected chi connectivity index (χ1v) is 10.9. The van der Waals surface area contributed by atoms with Crippen molar-refractivity contribution in [3.8, 4) is 10.4 Å². The van der Waals surface area contributed by atoms with Crippen molar-refractivity contribution in [3.63, 3.8) is 0 Å². The van der Waals surface area contributed by atoms with Gasteiger partial charge < -0.3 is 5.32 Å². The van der Waals surface area contributed by atoms with E-state index in [2.05, 4.69) is 10.3 Å². The van der Waals surface area contributed by atoms with Crippen molar-refractivity contribution in [3.05, 3.63) is 71.4 Å². The number of carbonyl (C=O) groups is 1. The molecule has 0 aliphatic heterocycles. The van der Waals surface area contributed by atoms with Crippen LogP contribution in [0.3, 0.4) is 0 Å². The summed E-state index contributed by atoms with van der Waals surface area (Å²) in [6, 6.07) is 8.57. The molecule has 2 N–H and O–H groups in total. The Labute approximate surface area is 170 Å². The van der Waals surface area contributed by atoms with Gasteiger partial charge in [-0.3, -0.25) is 9.78 Å². The van der Waals surface area contributed by atoms with Gasteiger partial charge in [-0.15, -0.1) is 11.3 Å². The lowest BCUT2D eigenvalue weighted by Crippen LogP contribution is -2.31. The first-order chi connectivity index (χ1) is 13.9. The Bertz CT molecular complexity index is 1080. The van der Waals surface area contributed by atoms with Crippen LogP contribution in [0, 0.1) is 11.6 Å². The van der Waals surface area contributed by atoms with Crippen molar-refractivity contribution < 1.29 is 22.0 Å². The molecule has 0 saturated carbocycles. The molecule has 0 atom stereocenters. The smallest absolute Gasteiger partial charge is 0.246 e. The topological polar surface area (TPSA) is 88.2 Å². The summed E-state index contributed by atoms with van der Waals surface area (Å²) in [5.41, 5.74) is 1.73. The number of rotatable bonds is 8. The standard InChI is InChI=1S/C19H17F2N3O3S2/c20-15-3-1-4-16(21)19(15)29(26,27)24-7-6-18(25)23-11-13-9-14(12-22-10-13)17-5-2-8-28-17/h1-5,8-10,12,24H,6-7,11H2,(H,23,25). The zero-order valence-corrected chi connectivity index (χ0v) is 16.7. The highest BCUT2D eigenvalue weighted by Crippen LogP contribution is 2.24. The van der Waals surface area contributed by atoms with Gasteiger partial charge in [-0.2, -0.15) is 0 Å². The van der Waals surface area contributed by atoms with E-state index in [1.165, 1.54) is 0 Å². The lowest BCUT2D eigenvalue weighted by atomic mass is 10.2. The Morgan fingerprint density at radius 1 is 1.10 bits per heavy atom. The van der Waals surface area contributed by atoms with Crippen molar-refractivity contribution in [2.24, 2.45) is 0 Å². The Kier molecular flexibility index (Phi) is 6.68. The molecule has 2 aromatic heterocycles. The largest absolute Gasteiger partial charge is 0.352 e. The van der Waals surface area contributed by atoms with E-state index in [0.29, 0.717) is 0 Å². The van der Waals surface area contributed by atoms with E-state index in [-0.39, 0.29) is 19.5 Å². The number of benzene rings is 1. The minimum Gasteiger partial charge on any atom is -0.352 e. The van der Waals surface area contributed by atoms with Gasteiger partial charge in [0.05, 0.1) is 0 Å². The highest BCUT2D eigenvalue weighted by Gasteiger charge is 2.23. The van der Waals surface area contributed by atoms with Gasteiger partial charge in [0.25, 0.3) is 0 Å². The number of hydrogen-bond acceptors (Lipinski definition) is 5.